The lowest BCUT2D eigenvalue weighted by atomic mass is 9.79. The Labute approximate surface area is 233 Å². The summed E-state index contributed by atoms with van der Waals surface area (Å²) in [4.78, 5) is 0. The van der Waals surface area contributed by atoms with Crippen LogP contribution in [0.2, 0.25) is 0 Å². The lowest BCUT2D eigenvalue weighted by Gasteiger charge is -2.26. The Morgan fingerprint density at radius 1 is 0.500 bits per heavy atom. The Balaban J connectivity index is 1.25. The number of benzene rings is 4. The molecule has 0 saturated heterocycles. The van der Waals surface area contributed by atoms with E-state index in [-0.39, 0.29) is 0 Å². The third-order valence-corrected chi connectivity index (χ3v) is 12.5. The molecule has 0 atom stereocenters. The summed E-state index contributed by atoms with van der Waals surface area (Å²) >= 11 is 4.01. The molecule has 2 saturated carbocycles. The van der Waals surface area contributed by atoms with Crippen LogP contribution in [0.4, 0.5) is 0 Å². The third-order valence-electron chi connectivity index (χ3n) is 10.1. The quantitative estimate of drug-likeness (QED) is 0.208. The fraction of sp³-hybridized carbons (Fsp3) is 0.389. The Morgan fingerprint density at radius 2 is 0.921 bits per heavy atom. The van der Waals surface area contributed by atoms with Crippen LogP contribution in [0.5, 0.6) is 0 Å². The lowest BCUT2D eigenvalue weighted by molar-refractivity contribution is 0.348. The normalized spacial score (nSPS) is 24.8. The fourth-order valence-corrected chi connectivity index (χ4v) is 10.4. The average molecular weight is 533 g/mol. The molecule has 8 rings (SSSR count). The first-order chi connectivity index (χ1) is 18.6. The van der Waals surface area contributed by atoms with Gasteiger partial charge in [-0.1, -0.05) is 88.1 Å². The maximum atomic E-state index is 2.51. The van der Waals surface area contributed by atoms with E-state index in [9.17, 15) is 0 Å². The van der Waals surface area contributed by atoms with Gasteiger partial charge < -0.3 is 0 Å². The predicted molar refractivity (Wildman–Crippen MR) is 170 cm³/mol. The Kier molecular flexibility index (Phi) is 5.60. The molecule has 0 radical (unpaired) electrons. The summed E-state index contributed by atoms with van der Waals surface area (Å²) in [7, 11) is 0. The van der Waals surface area contributed by atoms with E-state index in [1.807, 2.05) is 22.7 Å². The minimum absolute atomic E-state index is 0.742. The minimum Gasteiger partial charge on any atom is -0.134 e. The van der Waals surface area contributed by atoms with Crippen molar-refractivity contribution in [2.45, 2.75) is 77.0 Å². The highest BCUT2D eigenvalue weighted by Crippen LogP contribution is 2.49. The van der Waals surface area contributed by atoms with Gasteiger partial charge in [-0.2, -0.15) is 0 Å². The van der Waals surface area contributed by atoms with E-state index in [1.54, 1.807) is 11.1 Å². The molecule has 0 unspecified atom stereocenters. The molecule has 192 valence electrons. The highest BCUT2D eigenvalue weighted by Gasteiger charge is 2.22. The number of hydrogen-bond donors (Lipinski definition) is 0. The fourth-order valence-electron chi connectivity index (χ4n) is 7.63. The largest absolute Gasteiger partial charge is 0.134 e. The van der Waals surface area contributed by atoms with Gasteiger partial charge in [0, 0.05) is 20.2 Å². The van der Waals surface area contributed by atoms with Crippen LogP contribution in [-0.2, 0) is 0 Å². The van der Waals surface area contributed by atoms with Gasteiger partial charge in [0.1, 0.15) is 0 Å². The maximum Gasteiger partial charge on any atom is 0.0548 e. The van der Waals surface area contributed by atoms with Crippen molar-refractivity contribution < 1.29 is 0 Å². The summed E-state index contributed by atoms with van der Waals surface area (Å²) in [6.45, 7) is 4.83. The van der Waals surface area contributed by atoms with Crippen LogP contribution in [0.15, 0.2) is 60.7 Å². The van der Waals surface area contributed by atoms with E-state index in [4.69, 9.17) is 0 Å². The van der Waals surface area contributed by atoms with Crippen LogP contribution in [0, 0.1) is 11.8 Å². The Morgan fingerprint density at radius 3 is 1.34 bits per heavy atom. The van der Waals surface area contributed by atoms with Gasteiger partial charge in [0.25, 0.3) is 0 Å². The molecule has 0 amide bonds. The molecular weight excluding hydrogens is 497 g/mol. The van der Waals surface area contributed by atoms with Crippen molar-refractivity contribution in [2.75, 3.05) is 0 Å². The maximum absolute atomic E-state index is 2.51. The third kappa shape index (κ3) is 3.74. The van der Waals surface area contributed by atoms with E-state index < -0.39 is 0 Å². The van der Waals surface area contributed by atoms with Crippen molar-refractivity contribution >= 4 is 73.8 Å². The zero-order chi connectivity index (χ0) is 25.4. The molecule has 38 heavy (non-hydrogen) atoms. The van der Waals surface area contributed by atoms with Crippen molar-refractivity contribution in [1.29, 1.82) is 0 Å². The van der Waals surface area contributed by atoms with Gasteiger partial charge in [0.15, 0.2) is 0 Å². The lowest BCUT2D eigenvalue weighted by Crippen LogP contribution is -2.10. The molecule has 0 N–H and O–H groups in total. The summed E-state index contributed by atoms with van der Waals surface area (Å²) in [5, 5.41) is 8.67. The number of hydrogen-bond acceptors (Lipinski definition) is 2. The zero-order valence-corrected chi connectivity index (χ0v) is 24.2. The molecule has 4 aromatic carbocycles. The molecule has 2 aromatic heterocycles. The molecule has 2 aliphatic carbocycles. The standard InChI is InChI=1S/C36H36S2/c1-21-3-7-23(8-4-21)25-11-15-29-27(19-25)13-17-31-33(29)35-36(37-31)34-30-16-12-26(24-9-5-22(2)6-10-24)20-28(30)14-18-32(34)38-35/h11-24H,3-10H2,1-2H3. The molecule has 6 aromatic rings. The second kappa shape index (κ2) is 9.07. The van der Waals surface area contributed by atoms with Gasteiger partial charge in [0.2, 0.25) is 0 Å². The van der Waals surface area contributed by atoms with Crippen LogP contribution in [0.3, 0.4) is 0 Å². The van der Waals surface area contributed by atoms with Crippen molar-refractivity contribution in [3.05, 3.63) is 71.8 Å². The second-order valence-corrected chi connectivity index (χ2v) is 14.7. The summed E-state index contributed by atoms with van der Waals surface area (Å²) in [6.07, 6.45) is 10.9. The van der Waals surface area contributed by atoms with E-state index in [2.05, 4.69) is 74.5 Å². The van der Waals surface area contributed by atoms with Crippen molar-refractivity contribution in [3.63, 3.8) is 0 Å². The van der Waals surface area contributed by atoms with Gasteiger partial charge in [-0.05, 0) is 94.2 Å². The number of fused-ring (bicyclic) bond motifs is 9. The monoisotopic (exact) mass is 532 g/mol. The van der Waals surface area contributed by atoms with Crippen LogP contribution >= 0.6 is 22.7 Å². The Bertz CT molecular complexity index is 1680. The predicted octanol–water partition coefficient (Wildman–Crippen LogP) is 12.2. The zero-order valence-electron chi connectivity index (χ0n) is 22.6. The smallest absolute Gasteiger partial charge is 0.0548 e. The molecule has 2 fully saturated rings. The van der Waals surface area contributed by atoms with Gasteiger partial charge in [0.05, 0.1) is 9.40 Å². The molecule has 0 spiro atoms. The number of thiophene rings is 2. The van der Waals surface area contributed by atoms with Crippen LogP contribution in [0.25, 0.3) is 51.1 Å². The highest BCUT2D eigenvalue weighted by molar-refractivity contribution is 7.37. The minimum atomic E-state index is 0.742. The SMILES string of the molecule is CC1CCC(c2ccc3c(ccc4sc5c(sc6ccc7cc(C8CCC(C)CC8)ccc7c65)c43)c2)CC1. The highest BCUT2D eigenvalue weighted by atomic mass is 32.1. The Hall–Kier alpha value is -2.42. The molecule has 2 heterocycles. The van der Waals surface area contributed by atoms with Crippen LogP contribution in [0.1, 0.15) is 88.2 Å². The number of rotatable bonds is 2. The molecule has 0 aliphatic heterocycles. The van der Waals surface area contributed by atoms with E-state index in [0.29, 0.717) is 0 Å². The molecule has 2 aliphatic rings. The van der Waals surface area contributed by atoms with Gasteiger partial charge in [-0.15, -0.1) is 22.7 Å². The first-order valence-corrected chi connectivity index (χ1v) is 16.5. The summed E-state index contributed by atoms with van der Waals surface area (Å²) in [5.41, 5.74) is 3.11. The average Bonchev–Trinajstić information content (AvgIpc) is 3.49. The topological polar surface area (TPSA) is 0 Å². The summed E-state index contributed by atoms with van der Waals surface area (Å²) in [6, 6.07) is 24.3. The first kappa shape index (κ1) is 23.5. The molecular formula is C36H36S2. The second-order valence-electron chi connectivity index (χ2n) is 12.6. The summed E-state index contributed by atoms with van der Waals surface area (Å²) < 4.78 is 5.85. The van der Waals surface area contributed by atoms with Crippen molar-refractivity contribution in [1.82, 2.24) is 0 Å². The molecule has 2 heteroatoms. The first-order valence-electron chi connectivity index (χ1n) is 14.9. The van der Waals surface area contributed by atoms with Crippen LogP contribution in [-0.4, -0.2) is 0 Å². The van der Waals surface area contributed by atoms with Crippen molar-refractivity contribution in [3.8, 4) is 0 Å². The van der Waals surface area contributed by atoms with E-state index >= 15 is 0 Å². The van der Waals surface area contributed by atoms with Gasteiger partial charge in [-0.3, -0.25) is 0 Å². The van der Waals surface area contributed by atoms with Crippen molar-refractivity contribution in [2.24, 2.45) is 11.8 Å². The van der Waals surface area contributed by atoms with Gasteiger partial charge >= 0.3 is 0 Å². The van der Waals surface area contributed by atoms with Gasteiger partial charge in [-0.25, -0.2) is 0 Å². The van der Waals surface area contributed by atoms with E-state index in [0.717, 1.165) is 23.7 Å². The molecule has 0 bridgehead atoms. The van der Waals surface area contributed by atoms with Crippen LogP contribution < -0.4 is 0 Å². The van der Waals surface area contributed by atoms with E-state index in [1.165, 1.54) is 102 Å². The summed E-state index contributed by atoms with van der Waals surface area (Å²) in [5.74, 6) is 3.28. The molecule has 0 nitrogen and oxygen atoms in total.